The Balaban J connectivity index is 1.31. The minimum absolute atomic E-state index is 0.486. The van der Waals surface area contributed by atoms with Crippen molar-refractivity contribution >= 4 is 17.3 Å². The molecule has 2 N–H and O–H groups in total. The molecule has 2 fully saturated rings. The van der Waals surface area contributed by atoms with Gasteiger partial charge in [0.15, 0.2) is 5.11 Å². The van der Waals surface area contributed by atoms with Gasteiger partial charge in [-0.2, -0.15) is 0 Å². The minimum Gasteiger partial charge on any atom is -0.360 e. The SMILES string of the molecule is Cc1ccc(CN2[C@H]3CCC[C@H]2CC(NC(=S)NCc2ccccc2)C3)cc1. The summed E-state index contributed by atoms with van der Waals surface area (Å²) in [4.78, 5) is 2.76. The molecule has 148 valence electrons. The average molecular weight is 394 g/mol. The molecular formula is C24H31N3S. The molecule has 4 rings (SSSR count). The molecule has 2 bridgehead atoms. The summed E-state index contributed by atoms with van der Waals surface area (Å²) < 4.78 is 0. The molecule has 2 heterocycles. The zero-order valence-corrected chi connectivity index (χ0v) is 17.5. The smallest absolute Gasteiger partial charge is 0.166 e. The second-order valence-electron chi connectivity index (χ2n) is 8.38. The third-order valence-electron chi connectivity index (χ3n) is 6.24. The van der Waals surface area contributed by atoms with Gasteiger partial charge in [0.25, 0.3) is 0 Å². The van der Waals surface area contributed by atoms with Crippen LogP contribution in [0.5, 0.6) is 0 Å². The molecule has 3 nitrogen and oxygen atoms in total. The predicted molar refractivity (Wildman–Crippen MR) is 120 cm³/mol. The Bertz CT molecular complexity index is 760. The van der Waals surface area contributed by atoms with Gasteiger partial charge in [-0.05, 0) is 56.0 Å². The van der Waals surface area contributed by atoms with Crippen LogP contribution in [0.15, 0.2) is 54.6 Å². The summed E-state index contributed by atoms with van der Waals surface area (Å²) in [5, 5.41) is 7.77. The van der Waals surface area contributed by atoms with E-state index in [1.807, 2.05) is 6.07 Å². The van der Waals surface area contributed by atoms with Crippen molar-refractivity contribution in [2.45, 2.75) is 70.2 Å². The Kier molecular flexibility index (Phi) is 6.28. The fourth-order valence-corrected chi connectivity index (χ4v) is 5.01. The highest BCUT2D eigenvalue weighted by Crippen LogP contribution is 2.35. The molecule has 0 aliphatic carbocycles. The van der Waals surface area contributed by atoms with Crippen LogP contribution in [-0.2, 0) is 13.1 Å². The third-order valence-corrected chi connectivity index (χ3v) is 6.50. The molecule has 0 amide bonds. The molecule has 2 saturated heterocycles. The third kappa shape index (κ3) is 4.92. The van der Waals surface area contributed by atoms with Crippen molar-refractivity contribution in [2.24, 2.45) is 0 Å². The van der Waals surface area contributed by atoms with Crippen molar-refractivity contribution in [1.82, 2.24) is 15.5 Å². The number of hydrogen-bond acceptors (Lipinski definition) is 2. The lowest BCUT2D eigenvalue weighted by molar-refractivity contribution is 0.0210. The van der Waals surface area contributed by atoms with E-state index in [-0.39, 0.29) is 0 Å². The first-order chi connectivity index (χ1) is 13.7. The van der Waals surface area contributed by atoms with Crippen LogP contribution in [0.2, 0.25) is 0 Å². The molecule has 0 radical (unpaired) electrons. The van der Waals surface area contributed by atoms with E-state index in [4.69, 9.17) is 12.2 Å². The van der Waals surface area contributed by atoms with Gasteiger partial charge in [0, 0.05) is 31.2 Å². The standard InChI is InChI=1S/C24H31N3S/c1-18-10-12-20(13-11-18)17-27-22-8-5-9-23(27)15-21(14-22)26-24(28)25-16-19-6-3-2-4-7-19/h2-4,6-7,10-13,21-23H,5,8-9,14-17H2,1H3,(H2,25,26,28)/t22-,23-/m0/s1. The quantitative estimate of drug-likeness (QED) is 0.729. The summed E-state index contributed by atoms with van der Waals surface area (Å²) in [6.45, 7) is 4.02. The van der Waals surface area contributed by atoms with Crippen LogP contribution in [0.3, 0.4) is 0 Å². The van der Waals surface area contributed by atoms with Crippen molar-refractivity contribution in [3.8, 4) is 0 Å². The van der Waals surface area contributed by atoms with Crippen molar-refractivity contribution < 1.29 is 0 Å². The van der Waals surface area contributed by atoms with E-state index in [1.54, 1.807) is 0 Å². The summed E-state index contributed by atoms with van der Waals surface area (Å²) in [5.41, 5.74) is 4.04. The zero-order chi connectivity index (χ0) is 19.3. The highest BCUT2D eigenvalue weighted by atomic mass is 32.1. The highest BCUT2D eigenvalue weighted by molar-refractivity contribution is 7.80. The highest BCUT2D eigenvalue weighted by Gasteiger charge is 2.38. The van der Waals surface area contributed by atoms with Gasteiger partial charge in [-0.25, -0.2) is 0 Å². The maximum absolute atomic E-state index is 5.58. The van der Waals surface area contributed by atoms with E-state index in [9.17, 15) is 0 Å². The van der Waals surface area contributed by atoms with E-state index in [2.05, 4.69) is 71.0 Å². The van der Waals surface area contributed by atoms with Crippen LogP contribution in [0, 0.1) is 6.92 Å². The summed E-state index contributed by atoms with van der Waals surface area (Å²) in [7, 11) is 0. The van der Waals surface area contributed by atoms with Crippen LogP contribution >= 0.6 is 12.2 Å². The maximum Gasteiger partial charge on any atom is 0.166 e. The van der Waals surface area contributed by atoms with Gasteiger partial charge in [0.05, 0.1) is 0 Å². The molecule has 2 aliphatic rings. The Morgan fingerprint density at radius 1 is 0.964 bits per heavy atom. The number of nitrogens with zero attached hydrogens (tertiary/aromatic N) is 1. The van der Waals surface area contributed by atoms with Crippen LogP contribution in [-0.4, -0.2) is 28.1 Å². The number of nitrogens with one attached hydrogen (secondary N) is 2. The van der Waals surface area contributed by atoms with Crippen LogP contribution < -0.4 is 10.6 Å². The van der Waals surface area contributed by atoms with Crippen LogP contribution in [0.1, 0.15) is 48.8 Å². The van der Waals surface area contributed by atoms with Crippen LogP contribution in [0.4, 0.5) is 0 Å². The Hall–Kier alpha value is -1.91. The summed E-state index contributed by atoms with van der Waals surface area (Å²) in [6.07, 6.45) is 6.36. The monoisotopic (exact) mass is 393 g/mol. The number of hydrogen-bond donors (Lipinski definition) is 2. The van der Waals surface area contributed by atoms with E-state index in [0.29, 0.717) is 18.1 Å². The number of piperidine rings is 2. The van der Waals surface area contributed by atoms with E-state index in [0.717, 1.165) is 18.2 Å². The number of thiocarbonyl (C=S) groups is 1. The largest absolute Gasteiger partial charge is 0.360 e. The summed E-state index contributed by atoms with van der Waals surface area (Å²) in [6, 6.07) is 21.3. The van der Waals surface area contributed by atoms with Crippen LogP contribution in [0.25, 0.3) is 0 Å². The van der Waals surface area contributed by atoms with Gasteiger partial charge in [0.1, 0.15) is 0 Å². The fraction of sp³-hybridized carbons (Fsp3) is 0.458. The average Bonchev–Trinajstić information content (AvgIpc) is 2.69. The summed E-state index contributed by atoms with van der Waals surface area (Å²) >= 11 is 5.58. The second kappa shape index (κ2) is 9.06. The number of benzene rings is 2. The molecule has 0 saturated carbocycles. The predicted octanol–water partition coefficient (Wildman–Crippen LogP) is 4.54. The lowest BCUT2D eigenvalue weighted by Crippen LogP contribution is -2.57. The van der Waals surface area contributed by atoms with Crippen molar-refractivity contribution in [1.29, 1.82) is 0 Å². The van der Waals surface area contributed by atoms with E-state index in [1.165, 1.54) is 48.8 Å². The summed E-state index contributed by atoms with van der Waals surface area (Å²) in [5.74, 6) is 0. The molecule has 4 heteroatoms. The first kappa shape index (κ1) is 19.4. The van der Waals surface area contributed by atoms with Gasteiger partial charge in [-0.15, -0.1) is 0 Å². The topological polar surface area (TPSA) is 27.3 Å². The molecule has 0 aromatic heterocycles. The first-order valence-electron chi connectivity index (χ1n) is 10.6. The molecule has 0 unspecified atom stereocenters. The molecule has 2 aromatic carbocycles. The molecule has 2 atom stereocenters. The Morgan fingerprint density at radius 3 is 2.32 bits per heavy atom. The second-order valence-corrected chi connectivity index (χ2v) is 8.79. The van der Waals surface area contributed by atoms with Gasteiger partial charge < -0.3 is 10.6 Å². The van der Waals surface area contributed by atoms with Gasteiger partial charge in [-0.3, -0.25) is 4.90 Å². The van der Waals surface area contributed by atoms with Crippen molar-refractivity contribution in [2.75, 3.05) is 0 Å². The lowest BCUT2D eigenvalue weighted by atomic mass is 9.81. The Morgan fingerprint density at radius 2 is 1.64 bits per heavy atom. The molecule has 0 spiro atoms. The lowest BCUT2D eigenvalue weighted by Gasteiger charge is -2.49. The molecular weight excluding hydrogens is 362 g/mol. The van der Waals surface area contributed by atoms with Crippen molar-refractivity contribution in [3.05, 3.63) is 71.3 Å². The molecule has 2 aromatic rings. The fourth-order valence-electron chi connectivity index (χ4n) is 4.77. The Labute approximate surface area is 174 Å². The van der Waals surface area contributed by atoms with E-state index >= 15 is 0 Å². The zero-order valence-electron chi connectivity index (χ0n) is 16.7. The first-order valence-corrected chi connectivity index (χ1v) is 11.0. The van der Waals surface area contributed by atoms with E-state index < -0.39 is 0 Å². The normalized spacial score (nSPS) is 24.5. The maximum atomic E-state index is 5.58. The number of aryl methyl sites for hydroxylation is 1. The van der Waals surface area contributed by atoms with Gasteiger partial charge >= 0.3 is 0 Å². The molecule has 28 heavy (non-hydrogen) atoms. The van der Waals surface area contributed by atoms with Gasteiger partial charge in [-0.1, -0.05) is 66.6 Å². The number of rotatable bonds is 5. The van der Waals surface area contributed by atoms with Gasteiger partial charge in [0.2, 0.25) is 0 Å². The molecule has 2 aliphatic heterocycles. The minimum atomic E-state index is 0.486. The van der Waals surface area contributed by atoms with Crippen molar-refractivity contribution in [3.63, 3.8) is 0 Å². The number of fused-ring (bicyclic) bond motifs is 2.